The smallest absolute Gasteiger partial charge is 0.407 e. The zero-order valence-electron chi connectivity index (χ0n) is 11.0. The van der Waals surface area contributed by atoms with E-state index in [9.17, 15) is 9.59 Å². The van der Waals surface area contributed by atoms with Gasteiger partial charge in [-0.15, -0.1) is 0 Å². The van der Waals surface area contributed by atoms with Crippen LogP contribution >= 0.6 is 0 Å². The molecule has 0 aromatic heterocycles. The number of ether oxygens (including phenoxy) is 1. The highest BCUT2D eigenvalue weighted by Crippen LogP contribution is 2.03. The van der Waals surface area contributed by atoms with E-state index >= 15 is 0 Å². The molecule has 1 atom stereocenters. The maximum Gasteiger partial charge on any atom is 0.407 e. The van der Waals surface area contributed by atoms with Crippen molar-refractivity contribution in [3.8, 4) is 0 Å². The molecule has 2 amide bonds. The Morgan fingerprint density at radius 1 is 1.28 bits per heavy atom. The third-order valence-electron chi connectivity index (χ3n) is 2.10. The van der Waals surface area contributed by atoms with E-state index in [1.54, 1.807) is 0 Å². The van der Waals surface area contributed by atoms with Gasteiger partial charge in [-0.1, -0.05) is 44.2 Å². The number of nitrogens with one attached hydrogen (secondary N) is 1. The Morgan fingerprint density at radius 3 is 2.28 bits per heavy atom. The molecule has 5 nitrogen and oxygen atoms in total. The van der Waals surface area contributed by atoms with Crippen molar-refractivity contribution in [2.24, 2.45) is 5.73 Å². The third kappa shape index (κ3) is 5.89. The van der Waals surface area contributed by atoms with E-state index in [1.807, 2.05) is 44.2 Å². The summed E-state index contributed by atoms with van der Waals surface area (Å²) < 4.78 is 4.41. The van der Waals surface area contributed by atoms with E-state index in [4.69, 9.17) is 5.73 Å². The molecule has 0 heterocycles. The summed E-state index contributed by atoms with van der Waals surface area (Å²) in [5.74, 6) is -0.589. The van der Waals surface area contributed by atoms with Gasteiger partial charge >= 0.3 is 6.09 Å². The molecule has 1 rings (SSSR count). The summed E-state index contributed by atoms with van der Waals surface area (Å²) in [6, 6.07) is 8.53. The minimum atomic E-state index is -0.755. The van der Waals surface area contributed by atoms with Crippen LogP contribution in [0.5, 0.6) is 0 Å². The van der Waals surface area contributed by atoms with Gasteiger partial charge in [0.15, 0.2) is 0 Å². The molecule has 3 N–H and O–H groups in total. The normalized spacial score (nSPS) is 10.6. The zero-order valence-corrected chi connectivity index (χ0v) is 11.0. The first-order chi connectivity index (χ1) is 8.63. The number of methoxy groups -OCH3 is 1. The van der Waals surface area contributed by atoms with Crippen molar-refractivity contribution in [1.82, 2.24) is 5.32 Å². The van der Waals surface area contributed by atoms with E-state index in [0.717, 1.165) is 5.56 Å². The summed E-state index contributed by atoms with van der Waals surface area (Å²) >= 11 is 0. The standard InChI is InChI=1S/C11H14N2O3.C2H6/c1-16-11(15)13-9(10(12)14)7-8-5-3-2-4-6-8;1-2/h2-6,9H,7H2,1H3,(H2,12,14)(H,13,15);1-2H3/t9-;/m0./s1. The number of primary amides is 1. The summed E-state index contributed by atoms with van der Waals surface area (Å²) in [5, 5.41) is 2.38. The van der Waals surface area contributed by atoms with Crippen LogP contribution in [-0.2, 0) is 16.0 Å². The first-order valence-electron chi connectivity index (χ1n) is 5.81. The Hall–Kier alpha value is -2.04. The number of alkyl carbamates (subject to hydrolysis) is 1. The highest BCUT2D eigenvalue weighted by atomic mass is 16.5. The lowest BCUT2D eigenvalue weighted by Crippen LogP contribution is -2.45. The number of rotatable bonds is 4. The number of hydrogen-bond donors (Lipinski definition) is 2. The molecule has 5 heteroatoms. The quantitative estimate of drug-likeness (QED) is 0.851. The molecule has 0 fully saturated rings. The van der Waals surface area contributed by atoms with Crippen LogP contribution < -0.4 is 11.1 Å². The molecule has 1 aromatic rings. The zero-order chi connectivity index (χ0) is 14.0. The second kappa shape index (κ2) is 9.04. The number of carbonyl (C=O) groups excluding carboxylic acids is 2. The lowest BCUT2D eigenvalue weighted by molar-refractivity contribution is -0.119. The molecule has 0 saturated heterocycles. The molecule has 0 unspecified atom stereocenters. The molecular formula is C13H20N2O3. The fraction of sp³-hybridized carbons (Fsp3) is 0.385. The first kappa shape index (κ1) is 16.0. The van der Waals surface area contributed by atoms with Gasteiger partial charge in [0, 0.05) is 6.42 Å². The minimum Gasteiger partial charge on any atom is -0.453 e. The van der Waals surface area contributed by atoms with E-state index in [0.29, 0.717) is 6.42 Å². The molecule has 0 bridgehead atoms. The van der Waals surface area contributed by atoms with Gasteiger partial charge < -0.3 is 15.8 Å². The van der Waals surface area contributed by atoms with Gasteiger partial charge in [0.05, 0.1) is 7.11 Å². The predicted octanol–water partition coefficient (Wildman–Crippen LogP) is 1.47. The molecule has 18 heavy (non-hydrogen) atoms. The van der Waals surface area contributed by atoms with Gasteiger partial charge in [-0.05, 0) is 5.56 Å². The van der Waals surface area contributed by atoms with Crippen LogP contribution in [0.15, 0.2) is 30.3 Å². The Morgan fingerprint density at radius 2 is 1.83 bits per heavy atom. The van der Waals surface area contributed by atoms with E-state index in [2.05, 4.69) is 10.1 Å². The fourth-order valence-corrected chi connectivity index (χ4v) is 1.27. The number of amides is 2. The summed E-state index contributed by atoms with van der Waals surface area (Å²) in [4.78, 5) is 22.1. The van der Waals surface area contributed by atoms with E-state index in [-0.39, 0.29) is 0 Å². The monoisotopic (exact) mass is 252 g/mol. The third-order valence-corrected chi connectivity index (χ3v) is 2.10. The van der Waals surface area contributed by atoms with Gasteiger partial charge in [0.2, 0.25) is 5.91 Å². The van der Waals surface area contributed by atoms with Crippen molar-refractivity contribution in [1.29, 1.82) is 0 Å². The van der Waals surface area contributed by atoms with E-state index in [1.165, 1.54) is 7.11 Å². The van der Waals surface area contributed by atoms with Crippen LogP contribution in [0.1, 0.15) is 19.4 Å². The molecule has 0 saturated carbocycles. The van der Waals surface area contributed by atoms with Gasteiger partial charge in [0.1, 0.15) is 6.04 Å². The van der Waals surface area contributed by atoms with Gasteiger partial charge in [-0.2, -0.15) is 0 Å². The maximum absolute atomic E-state index is 11.1. The van der Waals surface area contributed by atoms with Gasteiger partial charge in [0.25, 0.3) is 0 Å². The highest BCUT2D eigenvalue weighted by Gasteiger charge is 2.18. The van der Waals surface area contributed by atoms with Crippen molar-refractivity contribution < 1.29 is 14.3 Å². The summed E-state index contributed by atoms with van der Waals surface area (Å²) in [6.45, 7) is 4.00. The van der Waals surface area contributed by atoms with Crippen LogP contribution in [-0.4, -0.2) is 25.2 Å². The van der Waals surface area contributed by atoms with Crippen molar-refractivity contribution in [2.45, 2.75) is 26.3 Å². The second-order valence-electron chi connectivity index (χ2n) is 3.28. The summed E-state index contributed by atoms with van der Waals surface area (Å²) in [6.07, 6.45) is -0.314. The highest BCUT2D eigenvalue weighted by molar-refractivity contribution is 5.84. The lowest BCUT2D eigenvalue weighted by Gasteiger charge is -2.14. The number of carbonyl (C=O) groups is 2. The largest absolute Gasteiger partial charge is 0.453 e. The molecule has 0 aliphatic carbocycles. The first-order valence-corrected chi connectivity index (χ1v) is 5.81. The van der Waals surface area contributed by atoms with Crippen LogP contribution in [0.4, 0.5) is 4.79 Å². The Labute approximate surface area is 107 Å². The average Bonchev–Trinajstić information content (AvgIpc) is 2.41. The molecule has 0 aliphatic rings. The summed E-state index contributed by atoms with van der Waals surface area (Å²) in [7, 11) is 1.23. The maximum atomic E-state index is 11.1. The molecule has 0 aliphatic heterocycles. The minimum absolute atomic E-state index is 0.352. The Balaban J connectivity index is 0.00000137. The Kier molecular flexibility index (Phi) is 8.01. The van der Waals surface area contributed by atoms with E-state index < -0.39 is 18.0 Å². The average molecular weight is 252 g/mol. The molecule has 1 aromatic carbocycles. The number of benzene rings is 1. The predicted molar refractivity (Wildman–Crippen MR) is 70.0 cm³/mol. The van der Waals surface area contributed by atoms with Crippen LogP contribution in [0.3, 0.4) is 0 Å². The summed E-state index contributed by atoms with van der Waals surface area (Å²) in [5.41, 5.74) is 6.10. The second-order valence-corrected chi connectivity index (χ2v) is 3.28. The van der Waals surface area contributed by atoms with Crippen molar-refractivity contribution >= 4 is 12.0 Å². The van der Waals surface area contributed by atoms with Gasteiger partial charge in [-0.25, -0.2) is 4.79 Å². The van der Waals surface area contributed by atoms with Crippen molar-refractivity contribution in [3.63, 3.8) is 0 Å². The fourth-order valence-electron chi connectivity index (χ4n) is 1.27. The molecule has 0 spiro atoms. The number of hydrogen-bond acceptors (Lipinski definition) is 3. The topological polar surface area (TPSA) is 81.4 Å². The Bertz CT molecular complexity index is 366. The van der Waals surface area contributed by atoms with Crippen LogP contribution in [0.25, 0.3) is 0 Å². The van der Waals surface area contributed by atoms with Gasteiger partial charge in [-0.3, -0.25) is 4.79 Å². The number of nitrogens with two attached hydrogens (primary N) is 1. The molecule has 100 valence electrons. The lowest BCUT2D eigenvalue weighted by atomic mass is 10.1. The van der Waals surface area contributed by atoms with Crippen LogP contribution in [0.2, 0.25) is 0 Å². The van der Waals surface area contributed by atoms with Crippen molar-refractivity contribution in [2.75, 3.05) is 7.11 Å². The molecular weight excluding hydrogens is 232 g/mol. The van der Waals surface area contributed by atoms with Crippen molar-refractivity contribution in [3.05, 3.63) is 35.9 Å². The SMILES string of the molecule is CC.COC(=O)N[C@@H](Cc1ccccc1)C(N)=O. The van der Waals surface area contributed by atoms with Crippen LogP contribution in [0, 0.1) is 0 Å². The molecule has 0 radical (unpaired) electrons.